The summed E-state index contributed by atoms with van der Waals surface area (Å²) in [6.45, 7) is 1.76. The van der Waals surface area contributed by atoms with E-state index in [1.54, 1.807) is 25.1 Å². The Labute approximate surface area is 75.8 Å². The third-order valence-electron chi connectivity index (χ3n) is 1.65. The molecular weight excluding hydrogens is 172 g/mol. The highest BCUT2D eigenvalue weighted by atomic mass is 32.1. The Hall–Kier alpha value is -1.22. The van der Waals surface area contributed by atoms with Gasteiger partial charge in [0.05, 0.1) is 5.56 Å². The molecule has 1 aromatic rings. The summed E-state index contributed by atoms with van der Waals surface area (Å²) in [4.78, 5) is 10.7. The van der Waals surface area contributed by atoms with E-state index in [1.807, 2.05) is 0 Å². The minimum absolute atomic E-state index is 0.299. The average molecular weight is 180 g/mol. The summed E-state index contributed by atoms with van der Waals surface area (Å²) in [5.41, 5.74) is 1.63. The number of benzene rings is 1. The van der Waals surface area contributed by atoms with E-state index in [9.17, 15) is 4.79 Å². The Morgan fingerprint density at radius 3 is 2.67 bits per heavy atom. The van der Waals surface area contributed by atoms with Crippen molar-refractivity contribution < 1.29 is 9.90 Å². The summed E-state index contributed by atoms with van der Waals surface area (Å²) in [7, 11) is 0. The van der Waals surface area contributed by atoms with Crippen molar-refractivity contribution in [2.75, 3.05) is 0 Å². The van der Waals surface area contributed by atoms with Crippen molar-refractivity contribution in [1.82, 2.24) is 0 Å². The van der Waals surface area contributed by atoms with Gasteiger partial charge in [0.15, 0.2) is 0 Å². The molecule has 0 radical (unpaired) electrons. The summed E-state index contributed by atoms with van der Waals surface area (Å²) in [5.74, 6) is -0.927. The lowest BCUT2D eigenvalue weighted by molar-refractivity contribution is 0.0696. The summed E-state index contributed by atoms with van der Waals surface area (Å²) >= 11 is 4.70. The van der Waals surface area contributed by atoms with Crippen LogP contribution in [0.5, 0.6) is 0 Å². The average Bonchev–Trinajstić information content (AvgIpc) is 2.03. The number of rotatable bonds is 2. The van der Waals surface area contributed by atoms with Crippen molar-refractivity contribution in [3.63, 3.8) is 0 Å². The van der Waals surface area contributed by atoms with Crippen LogP contribution in [0.25, 0.3) is 0 Å². The van der Waals surface area contributed by atoms with Gasteiger partial charge < -0.3 is 5.11 Å². The Bertz CT molecular complexity index is 331. The first-order valence-corrected chi connectivity index (χ1v) is 3.92. The first-order valence-electron chi connectivity index (χ1n) is 3.45. The molecule has 0 aromatic heterocycles. The number of hydrogen-bond acceptors (Lipinski definition) is 2. The molecule has 0 heterocycles. The molecule has 0 bridgehead atoms. The molecule has 2 nitrogen and oxygen atoms in total. The zero-order chi connectivity index (χ0) is 9.14. The molecule has 0 atom stereocenters. The lowest BCUT2D eigenvalue weighted by Crippen LogP contribution is -2.03. The van der Waals surface area contributed by atoms with Crippen LogP contribution in [0.1, 0.15) is 21.5 Å². The Morgan fingerprint density at radius 1 is 1.58 bits per heavy atom. The smallest absolute Gasteiger partial charge is 0.336 e. The van der Waals surface area contributed by atoms with Gasteiger partial charge >= 0.3 is 5.97 Å². The molecule has 12 heavy (non-hydrogen) atoms. The van der Waals surface area contributed by atoms with Crippen molar-refractivity contribution in [2.24, 2.45) is 0 Å². The number of carbonyl (C=O) groups is 1. The second-order valence-corrected chi connectivity index (χ2v) is 2.70. The maximum Gasteiger partial charge on any atom is 0.336 e. The largest absolute Gasteiger partial charge is 0.478 e. The topological polar surface area (TPSA) is 37.3 Å². The van der Waals surface area contributed by atoms with Gasteiger partial charge in [0.2, 0.25) is 0 Å². The van der Waals surface area contributed by atoms with Crippen molar-refractivity contribution >= 4 is 23.6 Å². The fraction of sp³-hybridized carbons (Fsp3) is 0.111. The Balaban J connectivity index is 3.39. The molecular formula is C9H8O2S. The van der Waals surface area contributed by atoms with E-state index in [4.69, 9.17) is 17.3 Å². The van der Waals surface area contributed by atoms with Gasteiger partial charge in [0, 0.05) is 5.37 Å². The number of carboxylic acids is 1. The van der Waals surface area contributed by atoms with Crippen LogP contribution in [0.3, 0.4) is 0 Å². The molecule has 0 aliphatic heterocycles. The molecule has 0 saturated carbocycles. The van der Waals surface area contributed by atoms with Crippen LogP contribution >= 0.6 is 12.2 Å². The molecule has 0 aliphatic carbocycles. The van der Waals surface area contributed by atoms with Crippen LogP contribution in [0.2, 0.25) is 0 Å². The lowest BCUT2D eigenvalue weighted by Gasteiger charge is -2.02. The standard InChI is InChI=1S/C9H8O2S/c1-6-3-2-4-7(5-12)8(6)9(10)11/h2-5H,1H3,(H,10,11). The van der Waals surface area contributed by atoms with Gasteiger partial charge in [0.1, 0.15) is 0 Å². The van der Waals surface area contributed by atoms with Crippen molar-refractivity contribution in [3.05, 3.63) is 34.9 Å². The van der Waals surface area contributed by atoms with Crippen LogP contribution in [0.15, 0.2) is 18.2 Å². The summed E-state index contributed by atoms with van der Waals surface area (Å²) in [6.07, 6.45) is 0. The van der Waals surface area contributed by atoms with Gasteiger partial charge in [-0.1, -0.05) is 30.4 Å². The van der Waals surface area contributed by atoms with Gasteiger partial charge in [-0.3, -0.25) is 0 Å². The lowest BCUT2D eigenvalue weighted by atomic mass is 10.0. The quantitative estimate of drug-likeness (QED) is 0.708. The normalized spacial score (nSPS) is 9.42. The zero-order valence-electron chi connectivity index (χ0n) is 6.57. The third-order valence-corrected chi connectivity index (χ3v) is 1.90. The first kappa shape index (κ1) is 8.87. The number of hydrogen-bond donors (Lipinski definition) is 1. The predicted molar refractivity (Wildman–Crippen MR) is 50.9 cm³/mol. The summed E-state index contributed by atoms with van der Waals surface area (Å²) in [6, 6.07) is 5.25. The predicted octanol–water partition coefficient (Wildman–Crippen LogP) is 2.04. The van der Waals surface area contributed by atoms with Gasteiger partial charge in [0.25, 0.3) is 0 Å². The van der Waals surface area contributed by atoms with Crippen LogP contribution in [0, 0.1) is 6.92 Å². The Kier molecular flexibility index (Phi) is 2.55. The fourth-order valence-electron chi connectivity index (χ4n) is 1.08. The molecule has 1 rings (SSSR count). The maximum atomic E-state index is 10.7. The van der Waals surface area contributed by atoms with Crippen LogP contribution in [-0.2, 0) is 0 Å². The SMILES string of the molecule is Cc1cccc(C=S)c1C(=O)O. The van der Waals surface area contributed by atoms with Gasteiger partial charge in [-0.25, -0.2) is 4.79 Å². The monoisotopic (exact) mass is 180 g/mol. The van der Waals surface area contributed by atoms with E-state index in [1.165, 1.54) is 5.37 Å². The second-order valence-electron chi connectivity index (χ2n) is 2.46. The van der Waals surface area contributed by atoms with Crippen LogP contribution in [0.4, 0.5) is 0 Å². The van der Waals surface area contributed by atoms with E-state index in [0.29, 0.717) is 11.1 Å². The molecule has 1 N–H and O–H groups in total. The van der Waals surface area contributed by atoms with E-state index in [-0.39, 0.29) is 0 Å². The molecule has 0 aliphatic rings. The molecule has 0 unspecified atom stereocenters. The number of aromatic carboxylic acids is 1. The van der Waals surface area contributed by atoms with Gasteiger partial charge in [-0.2, -0.15) is 0 Å². The van der Waals surface area contributed by atoms with Crippen molar-refractivity contribution in [1.29, 1.82) is 0 Å². The van der Waals surface area contributed by atoms with Crippen LogP contribution in [-0.4, -0.2) is 16.4 Å². The van der Waals surface area contributed by atoms with Gasteiger partial charge in [-0.05, 0) is 18.1 Å². The second kappa shape index (κ2) is 3.45. The zero-order valence-corrected chi connectivity index (χ0v) is 7.39. The summed E-state index contributed by atoms with van der Waals surface area (Å²) in [5, 5.41) is 10.2. The third kappa shape index (κ3) is 1.51. The molecule has 0 amide bonds. The molecule has 1 aromatic carbocycles. The number of aryl methyl sites for hydroxylation is 1. The highest BCUT2D eigenvalue weighted by Gasteiger charge is 2.09. The number of carboxylic acid groups (broad SMARTS) is 1. The minimum atomic E-state index is -0.927. The highest BCUT2D eigenvalue weighted by Crippen LogP contribution is 2.12. The Morgan fingerprint density at radius 2 is 2.25 bits per heavy atom. The molecule has 62 valence electrons. The minimum Gasteiger partial charge on any atom is -0.478 e. The molecule has 0 spiro atoms. The highest BCUT2D eigenvalue weighted by molar-refractivity contribution is 7.79. The van der Waals surface area contributed by atoms with Crippen molar-refractivity contribution in [2.45, 2.75) is 6.92 Å². The van der Waals surface area contributed by atoms with E-state index in [2.05, 4.69) is 0 Å². The van der Waals surface area contributed by atoms with E-state index >= 15 is 0 Å². The van der Waals surface area contributed by atoms with Gasteiger partial charge in [-0.15, -0.1) is 0 Å². The van der Waals surface area contributed by atoms with Crippen LogP contribution < -0.4 is 0 Å². The van der Waals surface area contributed by atoms with Crippen molar-refractivity contribution in [3.8, 4) is 0 Å². The molecule has 0 saturated heterocycles. The molecule has 3 heteroatoms. The van der Waals surface area contributed by atoms with E-state index in [0.717, 1.165) is 5.56 Å². The molecule has 0 fully saturated rings. The first-order chi connectivity index (χ1) is 5.66. The fourth-order valence-corrected chi connectivity index (χ4v) is 1.28. The summed E-state index contributed by atoms with van der Waals surface area (Å²) < 4.78 is 0. The maximum absolute atomic E-state index is 10.7. The van der Waals surface area contributed by atoms with E-state index < -0.39 is 5.97 Å². The number of thiocarbonyl (C=S) groups is 1.